The first-order valence-electron chi connectivity index (χ1n) is 6.45. The Labute approximate surface area is 92.9 Å². The van der Waals surface area contributed by atoms with Crippen molar-refractivity contribution < 1.29 is 4.84 Å². The molecule has 2 aliphatic rings. The molecule has 2 rings (SSSR count). The predicted molar refractivity (Wildman–Crippen MR) is 61.1 cm³/mol. The van der Waals surface area contributed by atoms with Gasteiger partial charge in [0, 0.05) is 0 Å². The van der Waals surface area contributed by atoms with Gasteiger partial charge in [0.05, 0.1) is 5.66 Å². The largest absolute Gasteiger partial charge is 0.284 e. The van der Waals surface area contributed by atoms with Crippen LogP contribution in [0.25, 0.3) is 0 Å². The average Bonchev–Trinajstić information content (AvgIpc) is 2.70. The Morgan fingerprint density at radius 3 is 2.13 bits per heavy atom. The van der Waals surface area contributed by atoms with Crippen molar-refractivity contribution in [3.63, 3.8) is 0 Å². The molecule has 1 aliphatic heterocycles. The molecule has 1 saturated heterocycles. The molecule has 1 aliphatic carbocycles. The fourth-order valence-electron chi connectivity index (χ4n) is 2.85. The zero-order valence-electron chi connectivity index (χ0n) is 9.85. The number of nitrogens with one attached hydrogen (secondary N) is 2. The highest BCUT2D eigenvalue weighted by molar-refractivity contribution is 4.87. The van der Waals surface area contributed by atoms with E-state index in [9.17, 15) is 0 Å². The van der Waals surface area contributed by atoms with E-state index < -0.39 is 0 Å². The second-order valence-corrected chi connectivity index (χ2v) is 5.17. The van der Waals surface area contributed by atoms with Crippen LogP contribution in [0.4, 0.5) is 0 Å². The quantitative estimate of drug-likeness (QED) is 0.701. The predicted octanol–water partition coefficient (Wildman–Crippen LogP) is 2.54. The highest BCUT2D eigenvalue weighted by Gasteiger charge is 2.36. The SMILES string of the molecule is CC1(C2CCCCCCCC2)NCON1. The van der Waals surface area contributed by atoms with Crippen LogP contribution < -0.4 is 10.8 Å². The molecular formula is C12H24N2O. The van der Waals surface area contributed by atoms with E-state index in [1.807, 2.05) is 0 Å². The van der Waals surface area contributed by atoms with Crippen molar-refractivity contribution >= 4 is 0 Å². The fraction of sp³-hybridized carbons (Fsp3) is 1.00. The second kappa shape index (κ2) is 5.28. The Hall–Kier alpha value is -0.120. The molecule has 88 valence electrons. The average molecular weight is 212 g/mol. The van der Waals surface area contributed by atoms with Gasteiger partial charge in [0.25, 0.3) is 0 Å². The highest BCUT2D eigenvalue weighted by atomic mass is 16.7. The van der Waals surface area contributed by atoms with Crippen molar-refractivity contribution in [2.75, 3.05) is 6.73 Å². The van der Waals surface area contributed by atoms with E-state index in [-0.39, 0.29) is 5.66 Å². The van der Waals surface area contributed by atoms with E-state index in [4.69, 9.17) is 4.84 Å². The van der Waals surface area contributed by atoms with Gasteiger partial charge in [0.1, 0.15) is 6.73 Å². The topological polar surface area (TPSA) is 33.3 Å². The van der Waals surface area contributed by atoms with Crippen molar-refractivity contribution in [1.29, 1.82) is 0 Å². The lowest BCUT2D eigenvalue weighted by Gasteiger charge is -2.33. The summed E-state index contributed by atoms with van der Waals surface area (Å²) in [5, 5.41) is 3.44. The molecule has 3 heteroatoms. The lowest BCUT2D eigenvalue weighted by molar-refractivity contribution is 0.0413. The van der Waals surface area contributed by atoms with Gasteiger partial charge in [-0.05, 0) is 25.7 Å². The Balaban J connectivity index is 1.92. The van der Waals surface area contributed by atoms with Crippen molar-refractivity contribution in [2.24, 2.45) is 5.92 Å². The van der Waals surface area contributed by atoms with Crippen LogP contribution in [0.5, 0.6) is 0 Å². The summed E-state index contributed by atoms with van der Waals surface area (Å²) in [6.07, 6.45) is 11.1. The van der Waals surface area contributed by atoms with Crippen molar-refractivity contribution in [3.05, 3.63) is 0 Å². The van der Waals surface area contributed by atoms with E-state index in [1.165, 1.54) is 51.4 Å². The van der Waals surface area contributed by atoms with Crippen LogP contribution in [-0.2, 0) is 4.84 Å². The number of hydrogen-bond acceptors (Lipinski definition) is 3. The molecule has 2 N–H and O–H groups in total. The minimum absolute atomic E-state index is 0.0182. The van der Waals surface area contributed by atoms with Crippen molar-refractivity contribution in [3.8, 4) is 0 Å². The molecule has 1 unspecified atom stereocenters. The first-order valence-corrected chi connectivity index (χ1v) is 6.45. The monoisotopic (exact) mass is 212 g/mol. The van der Waals surface area contributed by atoms with Gasteiger partial charge >= 0.3 is 0 Å². The van der Waals surface area contributed by atoms with Crippen molar-refractivity contribution in [2.45, 2.75) is 64.0 Å². The fourth-order valence-corrected chi connectivity index (χ4v) is 2.85. The Morgan fingerprint density at radius 2 is 1.60 bits per heavy atom. The van der Waals surface area contributed by atoms with Crippen LogP contribution in [0.15, 0.2) is 0 Å². The van der Waals surface area contributed by atoms with Crippen LogP contribution in [0.3, 0.4) is 0 Å². The molecule has 0 aromatic rings. The molecule has 1 saturated carbocycles. The lowest BCUT2D eigenvalue weighted by atomic mass is 9.86. The first-order chi connectivity index (χ1) is 7.31. The molecule has 0 amide bonds. The summed E-state index contributed by atoms with van der Waals surface area (Å²) in [7, 11) is 0. The summed E-state index contributed by atoms with van der Waals surface area (Å²) < 4.78 is 0. The summed E-state index contributed by atoms with van der Waals surface area (Å²) in [4.78, 5) is 5.26. The standard InChI is InChI=1S/C12H24N2O/c1-12(13-10-15-14-12)11-8-6-4-2-3-5-7-9-11/h11,13-14H,2-10H2,1H3. The Morgan fingerprint density at radius 1 is 1.00 bits per heavy atom. The summed E-state index contributed by atoms with van der Waals surface area (Å²) in [5.41, 5.74) is 3.18. The van der Waals surface area contributed by atoms with Crippen LogP contribution in [0.2, 0.25) is 0 Å². The van der Waals surface area contributed by atoms with Gasteiger partial charge in [-0.15, -0.1) is 0 Å². The molecule has 15 heavy (non-hydrogen) atoms. The molecule has 0 bridgehead atoms. The van der Waals surface area contributed by atoms with Gasteiger partial charge in [0.15, 0.2) is 0 Å². The summed E-state index contributed by atoms with van der Waals surface area (Å²) >= 11 is 0. The number of hydrogen-bond donors (Lipinski definition) is 2. The highest BCUT2D eigenvalue weighted by Crippen LogP contribution is 2.30. The number of rotatable bonds is 1. The third kappa shape index (κ3) is 2.92. The van der Waals surface area contributed by atoms with Crippen LogP contribution in [0.1, 0.15) is 58.3 Å². The van der Waals surface area contributed by atoms with E-state index in [1.54, 1.807) is 0 Å². The second-order valence-electron chi connectivity index (χ2n) is 5.17. The maximum Gasteiger partial charge on any atom is 0.120 e. The lowest BCUT2D eigenvalue weighted by Crippen LogP contribution is -2.52. The van der Waals surface area contributed by atoms with Gasteiger partial charge in [-0.3, -0.25) is 10.2 Å². The van der Waals surface area contributed by atoms with Gasteiger partial charge < -0.3 is 0 Å². The Kier molecular flexibility index (Phi) is 4.00. The molecule has 3 nitrogen and oxygen atoms in total. The van der Waals surface area contributed by atoms with E-state index in [0.29, 0.717) is 6.73 Å². The normalized spacial score (nSPS) is 35.8. The molecule has 0 aromatic carbocycles. The summed E-state index contributed by atoms with van der Waals surface area (Å²) in [6, 6.07) is 0. The van der Waals surface area contributed by atoms with E-state index >= 15 is 0 Å². The van der Waals surface area contributed by atoms with Crippen LogP contribution in [-0.4, -0.2) is 12.4 Å². The maximum atomic E-state index is 5.26. The molecule has 2 fully saturated rings. The smallest absolute Gasteiger partial charge is 0.120 e. The van der Waals surface area contributed by atoms with Gasteiger partial charge in [0.2, 0.25) is 0 Å². The third-order valence-electron chi connectivity index (χ3n) is 3.97. The van der Waals surface area contributed by atoms with Crippen LogP contribution in [0, 0.1) is 5.92 Å². The Bertz CT molecular complexity index is 180. The number of hydroxylamine groups is 1. The molecular weight excluding hydrogens is 188 g/mol. The minimum Gasteiger partial charge on any atom is -0.284 e. The molecule has 1 heterocycles. The van der Waals surface area contributed by atoms with Gasteiger partial charge in [-0.1, -0.05) is 38.5 Å². The zero-order chi connectivity index (χ0) is 10.6. The van der Waals surface area contributed by atoms with Gasteiger partial charge in [-0.2, -0.15) is 5.48 Å². The maximum absolute atomic E-state index is 5.26. The molecule has 0 radical (unpaired) electrons. The minimum atomic E-state index is 0.0182. The summed E-state index contributed by atoms with van der Waals surface area (Å²) in [6.45, 7) is 2.88. The van der Waals surface area contributed by atoms with E-state index in [0.717, 1.165) is 5.92 Å². The zero-order valence-corrected chi connectivity index (χ0v) is 9.85. The van der Waals surface area contributed by atoms with Crippen molar-refractivity contribution in [1.82, 2.24) is 10.8 Å². The van der Waals surface area contributed by atoms with Gasteiger partial charge in [-0.25, -0.2) is 0 Å². The third-order valence-corrected chi connectivity index (χ3v) is 3.97. The summed E-state index contributed by atoms with van der Waals surface area (Å²) in [5.74, 6) is 0.720. The van der Waals surface area contributed by atoms with E-state index in [2.05, 4.69) is 17.7 Å². The first kappa shape index (κ1) is 11.4. The van der Waals surface area contributed by atoms with Crippen LogP contribution >= 0.6 is 0 Å². The molecule has 0 spiro atoms. The molecule has 0 aromatic heterocycles. The molecule has 1 atom stereocenters.